The summed E-state index contributed by atoms with van der Waals surface area (Å²) >= 11 is 0. The predicted octanol–water partition coefficient (Wildman–Crippen LogP) is 2.67. The van der Waals surface area contributed by atoms with Gasteiger partial charge in [-0.1, -0.05) is 24.2 Å². The van der Waals surface area contributed by atoms with Gasteiger partial charge in [-0.05, 0) is 24.3 Å². The fourth-order valence-corrected chi connectivity index (χ4v) is 3.35. The van der Waals surface area contributed by atoms with Crippen molar-refractivity contribution in [3.8, 4) is 17.1 Å². The smallest absolute Gasteiger partial charge is 0.257 e. The van der Waals surface area contributed by atoms with Gasteiger partial charge in [0.05, 0.1) is 12.7 Å². The van der Waals surface area contributed by atoms with E-state index in [2.05, 4.69) is 20.0 Å². The van der Waals surface area contributed by atoms with Crippen LogP contribution in [0.3, 0.4) is 0 Å². The number of pyridine rings is 1. The summed E-state index contributed by atoms with van der Waals surface area (Å²) in [6, 6.07) is 11.2. The number of aromatic nitrogens is 3. The van der Waals surface area contributed by atoms with Gasteiger partial charge in [-0.15, -0.1) is 0 Å². The van der Waals surface area contributed by atoms with Gasteiger partial charge in [0.2, 0.25) is 11.7 Å². The van der Waals surface area contributed by atoms with Crippen LogP contribution in [0.2, 0.25) is 0 Å². The average Bonchev–Trinajstić information content (AvgIpc) is 3.28. The zero-order chi connectivity index (χ0) is 20.2. The number of aryl methyl sites for hydroxylation is 1. The Morgan fingerprint density at radius 2 is 1.93 bits per heavy atom. The van der Waals surface area contributed by atoms with E-state index >= 15 is 0 Å². The summed E-state index contributed by atoms with van der Waals surface area (Å²) < 4.78 is 10.5. The van der Waals surface area contributed by atoms with Crippen LogP contribution in [0.1, 0.15) is 23.2 Å². The van der Waals surface area contributed by atoms with Gasteiger partial charge in [0.25, 0.3) is 5.91 Å². The highest BCUT2D eigenvalue weighted by molar-refractivity contribution is 5.97. The van der Waals surface area contributed by atoms with E-state index in [9.17, 15) is 4.79 Å². The van der Waals surface area contributed by atoms with Crippen molar-refractivity contribution in [2.45, 2.75) is 13.3 Å². The van der Waals surface area contributed by atoms with E-state index in [1.165, 1.54) is 0 Å². The summed E-state index contributed by atoms with van der Waals surface area (Å²) in [5.74, 6) is 2.63. The zero-order valence-electron chi connectivity index (χ0n) is 16.5. The maximum Gasteiger partial charge on any atom is 0.257 e. The van der Waals surface area contributed by atoms with Gasteiger partial charge in [-0.2, -0.15) is 4.98 Å². The van der Waals surface area contributed by atoms with Gasteiger partial charge >= 0.3 is 0 Å². The van der Waals surface area contributed by atoms with Gasteiger partial charge in [0.15, 0.2) is 0 Å². The van der Waals surface area contributed by atoms with Crippen LogP contribution in [0, 0.1) is 0 Å². The number of rotatable bonds is 5. The van der Waals surface area contributed by atoms with Crippen molar-refractivity contribution in [1.82, 2.24) is 20.0 Å². The molecule has 0 saturated carbocycles. The quantitative estimate of drug-likeness (QED) is 0.659. The standard InChI is InChI=1S/C21H23N5O3/c1-3-19-23-20(24-29-19)15-8-9-18(22-14-15)25-10-12-26(13-11-25)21(27)16-6-4-5-7-17(16)28-2/h4-9,14H,3,10-13H2,1-2H3. The first-order chi connectivity index (χ1) is 14.2. The minimum Gasteiger partial charge on any atom is -0.496 e. The number of ether oxygens (including phenoxy) is 1. The number of amides is 1. The van der Waals surface area contributed by atoms with E-state index in [1.54, 1.807) is 19.4 Å². The molecule has 3 aromatic rings. The predicted molar refractivity (Wildman–Crippen MR) is 108 cm³/mol. The highest BCUT2D eigenvalue weighted by Gasteiger charge is 2.24. The van der Waals surface area contributed by atoms with Crippen LogP contribution >= 0.6 is 0 Å². The fourth-order valence-electron chi connectivity index (χ4n) is 3.35. The van der Waals surface area contributed by atoms with Crippen LogP contribution in [0.25, 0.3) is 11.4 Å². The molecule has 0 aliphatic carbocycles. The molecule has 1 aliphatic rings. The molecule has 0 atom stereocenters. The second-order valence-electron chi connectivity index (χ2n) is 6.75. The molecule has 2 aromatic heterocycles. The number of benzene rings is 1. The summed E-state index contributed by atoms with van der Waals surface area (Å²) in [6.45, 7) is 4.66. The number of anilines is 1. The topological polar surface area (TPSA) is 84.6 Å². The summed E-state index contributed by atoms with van der Waals surface area (Å²) in [6.07, 6.45) is 2.46. The van der Waals surface area contributed by atoms with Crippen LogP contribution in [0.15, 0.2) is 47.1 Å². The van der Waals surface area contributed by atoms with Crippen LogP contribution in [0.4, 0.5) is 5.82 Å². The Hall–Kier alpha value is -3.42. The number of para-hydroxylation sites is 1. The first-order valence-corrected chi connectivity index (χ1v) is 9.66. The number of methoxy groups -OCH3 is 1. The first kappa shape index (κ1) is 18.9. The van der Waals surface area contributed by atoms with E-state index in [4.69, 9.17) is 9.26 Å². The highest BCUT2D eigenvalue weighted by atomic mass is 16.5. The summed E-state index contributed by atoms with van der Waals surface area (Å²) in [7, 11) is 1.58. The SMILES string of the molecule is CCc1nc(-c2ccc(N3CCN(C(=O)c4ccccc4OC)CC3)nc2)no1. The summed E-state index contributed by atoms with van der Waals surface area (Å²) in [5.41, 5.74) is 1.42. The van der Waals surface area contributed by atoms with E-state index in [1.807, 2.05) is 42.2 Å². The van der Waals surface area contributed by atoms with Gasteiger partial charge in [-0.3, -0.25) is 4.79 Å². The molecule has 29 heavy (non-hydrogen) atoms. The Bertz CT molecular complexity index is 978. The van der Waals surface area contributed by atoms with Crippen molar-refractivity contribution in [2.24, 2.45) is 0 Å². The normalized spacial score (nSPS) is 14.1. The molecule has 150 valence electrons. The number of hydrogen-bond donors (Lipinski definition) is 0. The molecule has 1 fully saturated rings. The van der Waals surface area contributed by atoms with Crippen molar-refractivity contribution in [3.05, 3.63) is 54.0 Å². The van der Waals surface area contributed by atoms with Crippen molar-refractivity contribution in [1.29, 1.82) is 0 Å². The molecule has 1 amide bonds. The van der Waals surface area contributed by atoms with Crippen LogP contribution in [-0.4, -0.2) is 59.2 Å². The third kappa shape index (κ3) is 3.91. The molecule has 0 radical (unpaired) electrons. The molecule has 1 aromatic carbocycles. The second kappa shape index (κ2) is 8.30. The Morgan fingerprint density at radius 3 is 2.59 bits per heavy atom. The lowest BCUT2D eigenvalue weighted by Gasteiger charge is -2.35. The Morgan fingerprint density at radius 1 is 1.14 bits per heavy atom. The van der Waals surface area contributed by atoms with E-state index in [0.717, 1.165) is 24.5 Å². The van der Waals surface area contributed by atoms with Crippen LogP contribution in [0.5, 0.6) is 5.75 Å². The summed E-state index contributed by atoms with van der Waals surface area (Å²) in [4.78, 5) is 25.7. The van der Waals surface area contributed by atoms with Gasteiger partial charge in [-0.25, -0.2) is 4.98 Å². The molecule has 8 nitrogen and oxygen atoms in total. The molecular weight excluding hydrogens is 370 g/mol. The van der Waals surface area contributed by atoms with Crippen molar-refractivity contribution in [2.75, 3.05) is 38.2 Å². The van der Waals surface area contributed by atoms with Crippen LogP contribution in [-0.2, 0) is 6.42 Å². The number of nitrogens with zero attached hydrogens (tertiary/aromatic N) is 5. The molecule has 0 unspecified atom stereocenters. The Kier molecular flexibility index (Phi) is 5.41. The lowest BCUT2D eigenvalue weighted by Crippen LogP contribution is -2.49. The molecule has 0 N–H and O–H groups in total. The minimum absolute atomic E-state index is 0.00533. The Labute approximate surface area is 169 Å². The van der Waals surface area contributed by atoms with E-state index < -0.39 is 0 Å². The van der Waals surface area contributed by atoms with Gasteiger partial charge in [0, 0.05) is 44.4 Å². The third-order valence-corrected chi connectivity index (χ3v) is 5.00. The largest absolute Gasteiger partial charge is 0.496 e. The van der Waals surface area contributed by atoms with Crippen molar-refractivity contribution < 1.29 is 14.1 Å². The summed E-state index contributed by atoms with van der Waals surface area (Å²) in [5, 5.41) is 3.98. The number of hydrogen-bond acceptors (Lipinski definition) is 7. The second-order valence-corrected chi connectivity index (χ2v) is 6.75. The third-order valence-electron chi connectivity index (χ3n) is 5.00. The molecule has 3 heterocycles. The maximum atomic E-state index is 12.8. The number of carbonyl (C=O) groups is 1. The first-order valence-electron chi connectivity index (χ1n) is 9.66. The lowest BCUT2D eigenvalue weighted by atomic mass is 10.1. The Balaban J connectivity index is 1.40. The van der Waals surface area contributed by atoms with Gasteiger partial charge in [0.1, 0.15) is 11.6 Å². The molecule has 4 rings (SSSR count). The molecule has 0 bridgehead atoms. The monoisotopic (exact) mass is 393 g/mol. The van der Waals surface area contributed by atoms with Gasteiger partial charge < -0.3 is 19.1 Å². The van der Waals surface area contributed by atoms with E-state index in [0.29, 0.717) is 42.5 Å². The highest BCUT2D eigenvalue weighted by Crippen LogP contribution is 2.22. The van der Waals surface area contributed by atoms with Crippen molar-refractivity contribution >= 4 is 11.7 Å². The molecule has 8 heteroatoms. The molecule has 1 saturated heterocycles. The molecule has 0 spiro atoms. The number of carbonyl (C=O) groups excluding carboxylic acids is 1. The van der Waals surface area contributed by atoms with E-state index in [-0.39, 0.29) is 5.91 Å². The molecular formula is C21H23N5O3. The molecule has 1 aliphatic heterocycles. The fraction of sp³-hybridized carbons (Fsp3) is 0.333. The van der Waals surface area contributed by atoms with Crippen LogP contribution < -0.4 is 9.64 Å². The number of piperazine rings is 1. The lowest BCUT2D eigenvalue weighted by molar-refractivity contribution is 0.0743. The average molecular weight is 393 g/mol. The minimum atomic E-state index is -0.00533. The maximum absolute atomic E-state index is 12.8. The van der Waals surface area contributed by atoms with Crippen molar-refractivity contribution in [3.63, 3.8) is 0 Å². The zero-order valence-corrected chi connectivity index (χ0v) is 16.5.